The number of furan rings is 1. The average molecular weight is 334 g/mol. The first-order valence-electron chi connectivity index (χ1n) is 8.19. The van der Waals surface area contributed by atoms with E-state index in [-0.39, 0.29) is 12.2 Å². The summed E-state index contributed by atoms with van der Waals surface area (Å²) >= 11 is 1.67. The summed E-state index contributed by atoms with van der Waals surface area (Å²) in [6.07, 6.45) is 6.16. The Kier molecular flexibility index (Phi) is 4.48. The lowest BCUT2D eigenvalue weighted by Crippen LogP contribution is -2.41. The highest BCUT2D eigenvalue weighted by Crippen LogP contribution is 2.32. The third-order valence-electron chi connectivity index (χ3n) is 4.66. The molecule has 0 saturated carbocycles. The monoisotopic (exact) mass is 334 g/mol. The van der Waals surface area contributed by atoms with Gasteiger partial charge in [0.05, 0.1) is 35.9 Å². The van der Waals surface area contributed by atoms with Crippen molar-refractivity contribution in [1.29, 1.82) is 0 Å². The topological polar surface area (TPSA) is 47.7 Å². The predicted molar refractivity (Wildman–Crippen MR) is 87.3 cm³/mol. The van der Waals surface area contributed by atoms with Crippen LogP contribution in [-0.4, -0.2) is 41.3 Å². The van der Waals surface area contributed by atoms with E-state index >= 15 is 0 Å². The van der Waals surface area contributed by atoms with E-state index < -0.39 is 0 Å². The van der Waals surface area contributed by atoms with Gasteiger partial charge < -0.3 is 13.9 Å². The van der Waals surface area contributed by atoms with Crippen LogP contribution < -0.4 is 0 Å². The molecule has 4 rings (SSSR count). The van der Waals surface area contributed by atoms with E-state index in [9.17, 15) is 0 Å². The van der Waals surface area contributed by atoms with Crippen molar-refractivity contribution in [3.63, 3.8) is 0 Å². The minimum Gasteiger partial charge on any atom is -0.472 e. The maximum absolute atomic E-state index is 6.18. The second-order valence-corrected chi connectivity index (χ2v) is 7.38. The van der Waals surface area contributed by atoms with E-state index in [0.717, 1.165) is 36.8 Å². The van der Waals surface area contributed by atoms with Gasteiger partial charge in [-0.15, -0.1) is 11.3 Å². The Balaban J connectivity index is 1.42. The third-order valence-corrected chi connectivity index (χ3v) is 5.48. The first-order chi connectivity index (χ1) is 11.3. The average Bonchev–Trinajstić information content (AvgIpc) is 3.28. The number of fused-ring (bicyclic) bond motifs is 1. The third kappa shape index (κ3) is 3.35. The van der Waals surface area contributed by atoms with Crippen molar-refractivity contribution in [2.24, 2.45) is 0 Å². The van der Waals surface area contributed by atoms with Crippen LogP contribution in [0, 0.1) is 6.92 Å². The highest BCUT2D eigenvalue weighted by atomic mass is 32.1. The molecule has 0 unspecified atom stereocenters. The number of aryl methyl sites for hydroxylation is 1. The fourth-order valence-corrected chi connectivity index (χ4v) is 4.21. The second kappa shape index (κ2) is 6.73. The molecule has 0 amide bonds. The summed E-state index contributed by atoms with van der Waals surface area (Å²) in [7, 11) is 0. The summed E-state index contributed by atoms with van der Waals surface area (Å²) in [6, 6.07) is 2.48. The number of hydrogen-bond acceptors (Lipinski definition) is 6. The van der Waals surface area contributed by atoms with Crippen molar-refractivity contribution >= 4 is 11.3 Å². The fraction of sp³-hybridized carbons (Fsp3) is 0.588. The Labute approximate surface area is 140 Å². The normalized spacial score (nSPS) is 28.1. The SMILES string of the molecule is Cc1nc(CO[C@@H]2CN(Cc3ccoc3)[C@H]3CCCO[C@@H]23)cs1. The highest BCUT2D eigenvalue weighted by Gasteiger charge is 2.44. The molecule has 2 aliphatic rings. The minimum absolute atomic E-state index is 0.120. The first-order valence-corrected chi connectivity index (χ1v) is 9.07. The summed E-state index contributed by atoms with van der Waals surface area (Å²) in [5.41, 5.74) is 2.23. The number of hydrogen-bond donors (Lipinski definition) is 0. The molecular formula is C17H22N2O3S. The molecule has 0 radical (unpaired) electrons. The van der Waals surface area contributed by atoms with Crippen LogP contribution in [-0.2, 0) is 22.6 Å². The summed E-state index contributed by atoms with van der Waals surface area (Å²) < 4.78 is 17.4. The molecule has 23 heavy (non-hydrogen) atoms. The molecule has 0 aromatic carbocycles. The largest absolute Gasteiger partial charge is 0.472 e. The molecule has 0 aliphatic carbocycles. The van der Waals surface area contributed by atoms with Gasteiger partial charge in [-0.25, -0.2) is 4.98 Å². The van der Waals surface area contributed by atoms with Gasteiger partial charge in [0.15, 0.2) is 0 Å². The number of aromatic nitrogens is 1. The lowest BCUT2D eigenvalue weighted by molar-refractivity contribution is -0.0823. The lowest BCUT2D eigenvalue weighted by Gasteiger charge is -2.32. The van der Waals surface area contributed by atoms with Gasteiger partial charge >= 0.3 is 0 Å². The molecule has 0 bridgehead atoms. The van der Waals surface area contributed by atoms with Crippen LogP contribution in [0.2, 0.25) is 0 Å². The van der Waals surface area contributed by atoms with E-state index in [1.54, 1.807) is 17.6 Å². The first kappa shape index (κ1) is 15.3. The van der Waals surface area contributed by atoms with Crippen molar-refractivity contribution in [2.75, 3.05) is 13.2 Å². The van der Waals surface area contributed by atoms with E-state index in [4.69, 9.17) is 13.9 Å². The van der Waals surface area contributed by atoms with Gasteiger partial charge in [0.1, 0.15) is 6.10 Å². The maximum atomic E-state index is 6.18. The smallest absolute Gasteiger partial charge is 0.100 e. The number of ether oxygens (including phenoxy) is 2. The molecule has 6 heteroatoms. The molecule has 2 aromatic rings. The second-order valence-electron chi connectivity index (χ2n) is 6.31. The standard InChI is InChI=1S/C17H22N2O3S/c1-12-18-14(11-23-12)10-22-16-8-19(7-13-4-6-20-9-13)15-3-2-5-21-17(15)16/h4,6,9,11,15-17H,2-3,5,7-8,10H2,1H3/t15-,16+,17+/m0/s1. The van der Waals surface area contributed by atoms with Crippen LogP contribution in [0.4, 0.5) is 0 Å². The molecule has 2 fully saturated rings. The van der Waals surface area contributed by atoms with Crippen molar-refractivity contribution < 1.29 is 13.9 Å². The number of thiazole rings is 1. The van der Waals surface area contributed by atoms with Gasteiger partial charge in [-0.2, -0.15) is 0 Å². The van der Waals surface area contributed by atoms with Gasteiger partial charge in [-0.3, -0.25) is 4.90 Å². The van der Waals surface area contributed by atoms with Gasteiger partial charge in [0.25, 0.3) is 0 Å². The molecule has 2 aliphatic heterocycles. The molecule has 0 N–H and O–H groups in total. The zero-order chi connectivity index (χ0) is 15.6. The van der Waals surface area contributed by atoms with Gasteiger partial charge in [-0.1, -0.05) is 0 Å². The van der Waals surface area contributed by atoms with Gasteiger partial charge in [-0.05, 0) is 25.8 Å². The van der Waals surface area contributed by atoms with Crippen molar-refractivity contribution in [2.45, 2.75) is 51.2 Å². The van der Waals surface area contributed by atoms with E-state index in [2.05, 4.69) is 15.3 Å². The predicted octanol–water partition coefficient (Wildman–Crippen LogP) is 2.99. The molecule has 4 heterocycles. The Bertz CT molecular complexity index is 628. The van der Waals surface area contributed by atoms with Gasteiger partial charge in [0.2, 0.25) is 0 Å². The maximum Gasteiger partial charge on any atom is 0.100 e. The molecule has 5 nitrogen and oxygen atoms in total. The quantitative estimate of drug-likeness (QED) is 0.841. The van der Waals surface area contributed by atoms with Crippen molar-refractivity contribution in [1.82, 2.24) is 9.88 Å². The molecule has 0 spiro atoms. The zero-order valence-corrected chi connectivity index (χ0v) is 14.1. The van der Waals surface area contributed by atoms with E-state index in [1.165, 1.54) is 12.0 Å². The Morgan fingerprint density at radius 2 is 2.43 bits per heavy atom. The van der Waals surface area contributed by atoms with Crippen LogP contribution in [0.3, 0.4) is 0 Å². The van der Waals surface area contributed by atoms with Gasteiger partial charge in [0, 0.05) is 36.7 Å². The summed E-state index contributed by atoms with van der Waals surface area (Å²) in [5.74, 6) is 0. The fourth-order valence-electron chi connectivity index (χ4n) is 3.62. The lowest BCUT2D eigenvalue weighted by atomic mass is 10.0. The highest BCUT2D eigenvalue weighted by molar-refractivity contribution is 7.09. The van der Waals surface area contributed by atoms with E-state index in [0.29, 0.717) is 12.6 Å². The van der Waals surface area contributed by atoms with E-state index in [1.807, 2.05) is 19.3 Å². The molecule has 124 valence electrons. The molecule has 3 atom stereocenters. The number of likely N-dealkylation sites (tertiary alicyclic amines) is 1. The summed E-state index contributed by atoms with van der Waals surface area (Å²) in [4.78, 5) is 6.96. The molecular weight excluding hydrogens is 312 g/mol. The zero-order valence-electron chi connectivity index (χ0n) is 13.3. The van der Waals surface area contributed by atoms with Crippen LogP contribution in [0.5, 0.6) is 0 Å². The minimum atomic E-state index is 0.120. The Morgan fingerprint density at radius 3 is 3.22 bits per heavy atom. The summed E-state index contributed by atoms with van der Waals surface area (Å²) in [6.45, 7) is 5.24. The molecule has 2 saturated heterocycles. The van der Waals surface area contributed by atoms with Crippen molar-refractivity contribution in [3.05, 3.63) is 40.2 Å². The van der Waals surface area contributed by atoms with Crippen LogP contribution >= 0.6 is 11.3 Å². The molecule has 2 aromatic heterocycles. The van der Waals surface area contributed by atoms with Crippen LogP contribution in [0.25, 0.3) is 0 Å². The Hall–Kier alpha value is -1.21. The number of rotatable bonds is 5. The van der Waals surface area contributed by atoms with Crippen molar-refractivity contribution in [3.8, 4) is 0 Å². The van der Waals surface area contributed by atoms with Crippen LogP contribution in [0.15, 0.2) is 28.4 Å². The van der Waals surface area contributed by atoms with Crippen LogP contribution in [0.1, 0.15) is 29.1 Å². The summed E-state index contributed by atoms with van der Waals surface area (Å²) in [5, 5.41) is 3.16. The Morgan fingerprint density at radius 1 is 1.48 bits per heavy atom. The number of nitrogens with zero attached hydrogens (tertiary/aromatic N) is 2.